The van der Waals surface area contributed by atoms with E-state index in [1.807, 2.05) is 0 Å². The molecule has 2 unspecified atom stereocenters. The molecule has 0 radical (unpaired) electrons. The number of Topliss-reactive ketones (excluding diaryl/α,β-unsaturated/α-hetero) is 1. The van der Waals surface area contributed by atoms with Gasteiger partial charge in [0.15, 0.2) is 5.78 Å². The summed E-state index contributed by atoms with van der Waals surface area (Å²) in [5, 5.41) is 9.54. The van der Waals surface area contributed by atoms with Crippen LogP contribution in [-0.2, 0) is 18.1 Å². The van der Waals surface area contributed by atoms with Gasteiger partial charge in [-0.25, -0.2) is 0 Å². The minimum Gasteiger partial charge on any atom is -0.385 e. The second-order valence-corrected chi connectivity index (χ2v) is 9.31. The van der Waals surface area contributed by atoms with Gasteiger partial charge in [0.05, 0.1) is 0 Å². The third-order valence-electron chi connectivity index (χ3n) is 4.52. The van der Waals surface area contributed by atoms with Crippen LogP contribution in [0.3, 0.4) is 0 Å². The van der Waals surface area contributed by atoms with Gasteiger partial charge in [0.25, 0.3) is 0 Å². The van der Waals surface area contributed by atoms with Gasteiger partial charge in [0, 0.05) is 32.8 Å². The summed E-state index contributed by atoms with van der Waals surface area (Å²) in [5.41, 5.74) is 0. The monoisotopic (exact) mass is 346 g/mol. The number of unbranched alkanes of at least 4 members (excludes halogenated alkanes) is 2. The van der Waals surface area contributed by atoms with E-state index >= 15 is 0 Å². The Hall–Kier alpha value is -0.273. The number of carbonyl (C=O) groups excluding carboxylic acids is 1. The van der Waals surface area contributed by atoms with Crippen molar-refractivity contribution in [3.63, 3.8) is 0 Å². The van der Waals surface area contributed by atoms with Gasteiger partial charge in [-0.3, -0.25) is 4.79 Å². The van der Waals surface area contributed by atoms with Crippen LogP contribution >= 0.6 is 0 Å². The fourth-order valence-electron chi connectivity index (χ4n) is 2.85. The summed E-state index contributed by atoms with van der Waals surface area (Å²) in [6.07, 6.45) is 6.24. The van der Waals surface area contributed by atoms with Crippen molar-refractivity contribution in [2.75, 3.05) is 20.3 Å². The van der Waals surface area contributed by atoms with Gasteiger partial charge in [0.2, 0.25) is 0 Å². The van der Waals surface area contributed by atoms with Gasteiger partial charge in [0.1, 0.15) is 6.10 Å². The van der Waals surface area contributed by atoms with Gasteiger partial charge in [-0.15, -0.1) is 0 Å². The Kier molecular flexibility index (Phi) is 10.2. The van der Waals surface area contributed by atoms with Crippen molar-refractivity contribution in [3.8, 4) is 0 Å². The quantitative estimate of drug-likeness (QED) is 0.434. The third kappa shape index (κ3) is 7.43. The van der Waals surface area contributed by atoms with Crippen LogP contribution in [0.25, 0.3) is 0 Å². The van der Waals surface area contributed by atoms with E-state index in [1.54, 1.807) is 7.11 Å². The maximum atomic E-state index is 11.7. The van der Waals surface area contributed by atoms with E-state index in [1.165, 1.54) is 0 Å². The number of aliphatic hydroxyl groups is 1. The Bertz CT molecular complexity index is 327. The van der Waals surface area contributed by atoms with E-state index in [0.29, 0.717) is 32.0 Å². The van der Waals surface area contributed by atoms with Crippen molar-refractivity contribution < 1.29 is 23.2 Å². The minimum atomic E-state index is -2.64. The van der Waals surface area contributed by atoms with Crippen LogP contribution in [0.5, 0.6) is 0 Å². The average molecular weight is 347 g/mol. The summed E-state index contributed by atoms with van der Waals surface area (Å²) < 4.78 is 17.9. The van der Waals surface area contributed by atoms with Crippen molar-refractivity contribution in [3.05, 3.63) is 0 Å². The molecule has 0 aromatic carbocycles. The maximum absolute atomic E-state index is 11.7. The summed E-state index contributed by atoms with van der Waals surface area (Å²) in [4.78, 5) is 11.7. The lowest BCUT2D eigenvalue weighted by molar-refractivity contribution is -0.130. The van der Waals surface area contributed by atoms with Crippen LogP contribution in [0.4, 0.5) is 0 Å². The molecule has 0 aromatic rings. The molecule has 1 aliphatic rings. The molecule has 136 valence electrons. The minimum absolute atomic E-state index is 0.0234. The van der Waals surface area contributed by atoms with Crippen LogP contribution in [-0.4, -0.2) is 46.1 Å². The van der Waals surface area contributed by atoms with E-state index in [9.17, 15) is 9.90 Å². The molecule has 0 amide bonds. The number of hydrogen-bond acceptors (Lipinski definition) is 5. The van der Waals surface area contributed by atoms with Crippen molar-refractivity contribution in [2.24, 2.45) is 5.92 Å². The van der Waals surface area contributed by atoms with Gasteiger partial charge in [-0.2, -0.15) is 0 Å². The zero-order chi connectivity index (χ0) is 17.1. The van der Waals surface area contributed by atoms with Crippen molar-refractivity contribution in [1.82, 2.24) is 0 Å². The molecule has 6 heteroatoms. The highest BCUT2D eigenvalue weighted by atomic mass is 28.4. The Morgan fingerprint density at radius 1 is 1.13 bits per heavy atom. The number of aliphatic hydroxyl groups excluding tert-OH is 1. The Morgan fingerprint density at radius 2 is 1.74 bits per heavy atom. The number of rotatable bonds is 12. The first kappa shape index (κ1) is 20.8. The Balaban J connectivity index is 2.53. The standard InChI is InChI=1S/C17H34O5Si/c1-4-6-11-21-23(20-3,22-12-7-5-2)13-10-15-8-9-16(18)17(19)14-15/h15-16,18H,4-14H2,1-3H3. The van der Waals surface area contributed by atoms with Crippen molar-refractivity contribution >= 4 is 14.6 Å². The van der Waals surface area contributed by atoms with Crippen LogP contribution in [0, 0.1) is 5.92 Å². The first-order chi connectivity index (χ1) is 11.1. The van der Waals surface area contributed by atoms with Crippen molar-refractivity contribution in [2.45, 2.75) is 77.4 Å². The highest BCUT2D eigenvalue weighted by molar-refractivity contribution is 6.60. The molecule has 0 aromatic heterocycles. The van der Waals surface area contributed by atoms with E-state index in [2.05, 4.69) is 13.8 Å². The summed E-state index contributed by atoms with van der Waals surface area (Å²) in [7, 11) is -0.960. The summed E-state index contributed by atoms with van der Waals surface area (Å²) in [5.74, 6) is 0.294. The predicted molar refractivity (Wildman–Crippen MR) is 92.3 cm³/mol. The topological polar surface area (TPSA) is 65.0 Å². The SMILES string of the molecule is CCCCO[Si](CCC1CCC(O)C(=O)C1)(OC)OCCCC. The summed E-state index contributed by atoms with van der Waals surface area (Å²) in [6.45, 7) is 5.61. The molecule has 1 rings (SSSR count). The Labute approximate surface area is 142 Å². The molecule has 0 heterocycles. The van der Waals surface area contributed by atoms with Gasteiger partial charge in [-0.1, -0.05) is 26.7 Å². The first-order valence-corrected chi connectivity index (χ1v) is 11.0. The molecule has 5 nitrogen and oxygen atoms in total. The van der Waals surface area contributed by atoms with Crippen LogP contribution < -0.4 is 0 Å². The number of carbonyl (C=O) groups is 1. The average Bonchev–Trinajstić information content (AvgIpc) is 2.55. The van der Waals surface area contributed by atoms with Gasteiger partial charge < -0.3 is 18.4 Å². The molecule has 1 N–H and O–H groups in total. The molecule has 23 heavy (non-hydrogen) atoms. The first-order valence-electron chi connectivity index (χ1n) is 9.10. The second kappa shape index (κ2) is 11.3. The molecule has 0 aliphatic heterocycles. The molecule has 2 atom stereocenters. The second-order valence-electron chi connectivity index (χ2n) is 6.46. The van der Waals surface area contributed by atoms with Crippen molar-refractivity contribution in [1.29, 1.82) is 0 Å². The number of ketones is 1. The molecule has 0 bridgehead atoms. The molecular weight excluding hydrogens is 312 g/mol. The van der Waals surface area contributed by atoms with Gasteiger partial charge >= 0.3 is 8.80 Å². The third-order valence-corrected chi connectivity index (χ3v) is 7.33. The summed E-state index contributed by atoms with van der Waals surface area (Å²) >= 11 is 0. The predicted octanol–water partition coefficient (Wildman–Crippen LogP) is 3.33. The number of hydrogen-bond donors (Lipinski definition) is 1. The lowest BCUT2D eigenvalue weighted by Crippen LogP contribution is -2.46. The molecule has 1 aliphatic carbocycles. The molecule has 1 saturated carbocycles. The zero-order valence-electron chi connectivity index (χ0n) is 15.0. The highest BCUT2D eigenvalue weighted by Gasteiger charge is 2.41. The lowest BCUT2D eigenvalue weighted by Gasteiger charge is -2.31. The molecular formula is C17H34O5Si. The largest absolute Gasteiger partial charge is 0.500 e. The highest BCUT2D eigenvalue weighted by Crippen LogP contribution is 2.29. The van der Waals surface area contributed by atoms with Crippen LogP contribution in [0.15, 0.2) is 0 Å². The van der Waals surface area contributed by atoms with Gasteiger partial charge in [-0.05, 0) is 38.0 Å². The van der Waals surface area contributed by atoms with E-state index in [0.717, 1.165) is 44.6 Å². The molecule has 0 spiro atoms. The fraction of sp³-hybridized carbons (Fsp3) is 0.941. The smallest absolute Gasteiger partial charge is 0.385 e. The van der Waals surface area contributed by atoms with E-state index < -0.39 is 14.9 Å². The van der Waals surface area contributed by atoms with Crippen LogP contribution in [0.1, 0.15) is 65.2 Å². The lowest BCUT2D eigenvalue weighted by atomic mass is 9.85. The van der Waals surface area contributed by atoms with E-state index in [-0.39, 0.29) is 5.78 Å². The Morgan fingerprint density at radius 3 is 2.22 bits per heavy atom. The van der Waals surface area contributed by atoms with E-state index in [4.69, 9.17) is 13.3 Å². The summed E-state index contributed by atoms with van der Waals surface area (Å²) in [6, 6.07) is 0.755. The normalized spacial score (nSPS) is 22.5. The zero-order valence-corrected chi connectivity index (χ0v) is 16.0. The van der Waals surface area contributed by atoms with Crippen LogP contribution in [0.2, 0.25) is 6.04 Å². The molecule has 0 saturated heterocycles. The fourth-order valence-corrected chi connectivity index (χ4v) is 5.34. The molecule has 1 fully saturated rings. The maximum Gasteiger partial charge on any atom is 0.500 e.